The summed E-state index contributed by atoms with van der Waals surface area (Å²) in [6.07, 6.45) is 4.24. The molecule has 1 aliphatic carbocycles. The molecule has 1 unspecified atom stereocenters. The Labute approximate surface area is 83.3 Å². The van der Waals surface area contributed by atoms with Gasteiger partial charge in [-0.15, -0.1) is 0 Å². The molecule has 0 aromatic heterocycles. The highest BCUT2D eigenvalue weighted by Crippen LogP contribution is 2.42. The maximum Gasteiger partial charge on any atom is 0.00966 e. The summed E-state index contributed by atoms with van der Waals surface area (Å²) in [7, 11) is 0. The quantitative estimate of drug-likeness (QED) is 0.693. The Morgan fingerprint density at radius 1 is 1.31 bits per heavy atom. The molecule has 0 amide bonds. The van der Waals surface area contributed by atoms with Gasteiger partial charge < -0.3 is 5.32 Å². The average Bonchev–Trinajstić information content (AvgIpc) is 2.23. The van der Waals surface area contributed by atoms with Crippen molar-refractivity contribution in [2.24, 2.45) is 11.3 Å². The van der Waals surface area contributed by atoms with Gasteiger partial charge in [0.15, 0.2) is 0 Å². The van der Waals surface area contributed by atoms with E-state index in [1.54, 1.807) is 0 Å². The molecule has 1 heteroatoms. The summed E-state index contributed by atoms with van der Waals surface area (Å²) in [4.78, 5) is 0. The molecular weight excluding hydrogens is 158 g/mol. The lowest BCUT2D eigenvalue weighted by Crippen LogP contribution is -2.41. The summed E-state index contributed by atoms with van der Waals surface area (Å²) in [6, 6.07) is 0. The Hall–Kier alpha value is -0.0400. The molecule has 0 aromatic carbocycles. The van der Waals surface area contributed by atoms with Crippen LogP contribution in [0.4, 0.5) is 0 Å². The van der Waals surface area contributed by atoms with Gasteiger partial charge in [0.05, 0.1) is 0 Å². The molecule has 1 saturated carbocycles. The van der Waals surface area contributed by atoms with Crippen LogP contribution in [0.2, 0.25) is 0 Å². The van der Waals surface area contributed by atoms with Gasteiger partial charge in [-0.25, -0.2) is 0 Å². The molecule has 78 valence electrons. The van der Waals surface area contributed by atoms with E-state index >= 15 is 0 Å². The molecular formula is C12H25N. The van der Waals surface area contributed by atoms with Gasteiger partial charge in [-0.1, -0.05) is 20.3 Å². The van der Waals surface area contributed by atoms with E-state index in [2.05, 4.69) is 39.9 Å². The van der Waals surface area contributed by atoms with Gasteiger partial charge in [-0.3, -0.25) is 0 Å². The Bertz CT molecular complexity index is 164. The fourth-order valence-electron chi connectivity index (χ4n) is 2.21. The predicted octanol–water partition coefficient (Wildman–Crippen LogP) is 3.20. The number of rotatable bonds is 2. The normalized spacial score (nSPS) is 27.9. The Morgan fingerprint density at radius 3 is 2.31 bits per heavy atom. The van der Waals surface area contributed by atoms with Gasteiger partial charge in [-0.2, -0.15) is 0 Å². The summed E-state index contributed by atoms with van der Waals surface area (Å²) in [5.74, 6) is 0.881. The third-order valence-electron chi connectivity index (χ3n) is 3.36. The fourth-order valence-corrected chi connectivity index (χ4v) is 2.21. The molecule has 0 aliphatic heterocycles. The molecule has 0 saturated heterocycles. The minimum absolute atomic E-state index is 0.276. The molecule has 0 aromatic rings. The Morgan fingerprint density at radius 2 is 1.92 bits per heavy atom. The first-order valence-electron chi connectivity index (χ1n) is 5.56. The molecule has 13 heavy (non-hydrogen) atoms. The van der Waals surface area contributed by atoms with E-state index in [9.17, 15) is 0 Å². The van der Waals surface area contributed by atoms with Crippen molar-refractivity contribution in [1.82, 2.24) is 5.32 Å². The second-order valence-electron chi connectivity index (χ2n) is 6.21. The van der Waals surface area contributed by atoms with E-state index < -0.39 is 0 Å². The summed E-state index contributed by atoms with van der Waals surface area (Å²) < 4.78 is 0. The predicted molar refractivity (Wildman–Crippen MR) is 58.9 cm³/mol. The molecule has 0 bridgehead atoms. The van der Waals surface area contributed by atoms with Crippen LogP contribution in [0, 0.1) is 11.3 Å². The molecule has 1 nitrogen and oxygen atoms in total. The second kappa shape index (κ2) is 3.61. The van der Waals surface area contributed by atoms with Crippen molar-refractivity contribution < 1.29 is 0 Å². The molecule has 0 spiro atoms. The zero-order chi connectivity index (χ0) is 10.1. The Balaban J connectivity index is 2.37. The Kier molecular flexibility index (Phi) is 3.06. The van der Waals surface area contributed by atoms with Crippen LogP contribution in [0.15, 0.2) is 0 Å². The zero-order valence-electron chi connectivity index (χ0n) is 9.91. The average molecular weight is 183 g/mol. The number of hydrogen-bond donors (Lipinski definition) is 1. The van der Waals surface area contributed by atoms with E-state index in [1.165, 1.54) is 25.8 Å². The smallest absolute Gasteiger partial charge is 0.00966 e. The van der Waals surface area contributed by atoms with Crippen LogP contribution in [0.1, 0.15) is 53.9 Å². The van der Waals surface area contributed by atoms with Gasteiger partial charge in [0.1, 0.15) is 0 Å². The third kappa shape index (κ3) is 3.30. The fraction of sp³-hybridized carbons (Fsp3) is 1.00. The molecule has 1 N–H and O–H groups in total. The van der Waals surface area contributed by atoms with E-state index in [0.717, 1.165) is 5.92 Å². The van der Waals surface area contributed by atoms with Crippen molar-refractivity contribution in [2.75, 3.05) is 6.54 Å². The van der Waals surface area contributed by atoms with Crippen LogP contribution in [0.5, 0.6) is 0 Å². The van der Waals surface area contributed by atoms with Gasteiger partial charge in [0, 0.05) is 5.54 Å². The minimum Gasteiger partial charge on any atom is -0.312 e. The molecule has 1 rings (SSSR count). The first-order valence-corrected chi connectivity index (χ1v) is 5.56. The standard InChI is InChI=1S/C12H25N/c1-11(2,3)13-9-10-7-6-8-12(10,4)5/h10,13H,6-9H2,1-5H3. The molecule has 0 radical (unpaired) electrons. The summed E-state index contributed by atoms with van der Waals surface area (Å²) in [6.45, 7) is 12.7. The van der Waals surface area contributed by atoms with Crippen LogP contribution >= 0.6 is 0 Å². The largest absolute Gasteiger partial charge is 0.312 e. The minimum atomic E-state index is 0.276. The number of hydrogen-bond acceptors (Lipinski definition) is 1. The van der Waals surface area contributed by atoms with Crippen molar-refractivity contribution in [3.63, 3.8) is 0 Å². The molecule has 1 aliphatic rings. The van der Waals surface area contributed by atoms with Crippen LogP contribution in [-0.2, 0) is 0 Å². The van der Waals surface area contributed by atoms with E-state index in [-0.39, 0.29) is 5.54 Å². The monoisotopic (exact) mass is 183 g/mol. The molecule has 0 heterocycles. The van der Waals surface area contributed by atoms with Gasteiger partial charge in [-0.05, 0) is 51.5 Å². The molecule has 1 atom stereocenters. The van der Waals surface area contributed by atoms with Crippen LogP contribution in [0.3, 0.4) is 0 Å². The highest BCUT2D eigenvalue weighted by Gasteiger charge is 2.34. The zero-order valence-corrected chi connectivity index (χ0v) is 9.91. The first kappa shape index (κ1) is 11.0. The third-order valence-corrected chi connectivity index (χ3v) is 3.36. The number of nitrogens with one attached hydrogen (secondary N) is 1. The maximum absolute atomic E-state index is 3.62. The second-order valence-corrected chi connectivity index (χ2v) is 6.21. The van der Waals surface area contributed by atoms with Crippen LogP contribution in [0.25, 0.3) is 0 Å². The maximum atomic E-state index is 3.62. The molecule has 1 fully saturated rings. The lowest BCUT2D eigenvalue weighted by atomic mass is 9.81. The first-order chi connectivity index (χ1) is 5.81. The van der Waals surface area contributed by atoms with Gasteiger partial charge in [0.25, 0.3) is 0 Å². The van der Waals surface area contributed by atoms with Gasteiger partial charge >= 0.3 is 0 Å². The van der Waals surface area contributed by atoms with Gasteiger partial charge in [0.2, 0.25) is 0 Å². The van der Waals surface area contributed by atoms with Crippen molar-refractivity contribution in [1.29, 1.82) is 0 Å². The topological polar surface area (TPSA) is 12.0 Å². The van der Waals surface area contributed by atoms with E-state index in [0.29, 0.717) is 5.41 Å². The van der Waals surface area contributed by atoms with E-state index in [4.69, 9.17) is 0 Å². The van der Waals surface area contributed by atoms with Crippen LogP contribution in [-0.4, -0.2) is 12.1 Å². The lowest BCUT2D eigenvalue weighted by Gasteiger charge is -2.30. The van der Waals surface area contributed by atoms with Crippen molar-refractivity contribution in [2.45, 2.75) is 59.4 Å². The van der Waals surface area contributed by atoms with Crippen LogP contribution < -0.4 is 5.32 Å². The summed E-state index contributed by atoms with van der Waals surface area (Å²) >= 11 is 0. The highest BCUT2D eigenvalue weighted by molar-refractivity contribution is 4.87. The lowest BCUT2D eigenvalue weighted by molar-refractivity contribution is 0.233. The van der Waals surface area contributed by atoms with E-state index in [1.807, 2.05) is 0 Å². The van der Waals surface area contributed by atoms with Crippen molar-refractivity contribution in [3.8, 4) is 0 Å². The SMILES string of the molecule is CC(C)(C)NCC1CCCC1(C)C. The highest BCUT2D eigenvalue weighted by atomic mass is 14.9. The van der Waals surface area contributed by atoms with Crippen molar-refractivity contribution in [3.05, 3.63) is 0 Å². The summed E-state index contributed by atoms with van der Waals surface area (Å²) in [5.41, 5.74) is 0.844. The van der Waals surface area contributed by atoms with Crippen molar-refractivity contribution >= 4 is 0 Å². The summed E-state index contributed by atoms with van der Waals surface area (Å²) in [5, 5.41) is 3.62.